The number of ether oxygens (including phenoxy) is 3. The van der Waals surface area contributed by atoms with Crippen LogP contribution in [0.5, 0.6) is 11.5 Å². The average molecular weight is 360 g/mol. The van der Waals surface area contributed by atoms with Crippen LogP contribution in [-0.2, 0) is 9.53 Å². The monoisotopic (exact) mass is 360 g/mol. The highest BCUT2D eigenvalue weighted by molar-refractivity contribution is 7.14. The van der Waals surface area contributed by atoms with Crippen LogP contribution in [0.25, 0.3) is 6.08 Å². The Bertz CT molecular complexity index is 776. The van der Waals surface area contributed by atoms with E-state index in [0.717, 1.165) is 10.4 Å². The minimum absolute atomic E-state index is 0.206. The van der Waals surface area contributed by atoms with Gasteiger partial charge in [-0.05, 0) is 49.8 Å². The predicted molar refractivity (Wildman–Crippen MR) is 97.5 cm³/mol. The third-order valence-electron chi connectivity index (χ3n) is 3.26. The van der Waals surface area contributed by atoms with Gasteiger partial charge in [-0.1, -0.05) is 6.07 Å². The number of carbonyl (C=O) groups is 2. The summed E-state index contributed by atoms with van der Waals surface area (Å²) in [5, 5.41) is 0. The summed E-state index contributed by atoms with van der Waals surface area (Å²) in [5.41, 5.74) is 0.765. The normalized spacial score (nSPS) is 10.7. The molecule has 0 aliphatic heterocycles. The number of hydrogen-bond donors (Lipinski definition) is 0. The zero-order valence-electron chi connectivity index (χ0n) is 14.4. The van der Waals surface area contributed by atoms with Crippen LogP contribution in [0.15, 0.2) is 36.4 Å². The lowest BCUT2D eigenvalue weighted by atomic mass is 10.2. The molecule has 0 fully saturated rings. The van der Waals surface area contributed by atoms with Gasteiger partial charge in [-0.15, -0.1) is 11.3 Å². The van der Waals surface area contributed by atoms with Gasteiger partial charge in [0.15, 0.2) is 18.1 Å². The molecule has 0 N–H and O–H groups in total. The summed E-state index contributed by atoms with van der Waals surface area (Å²) in [6, 6.07) is 8.92. The van der Waals surface area contributed by atoms with E-state index in [4.69, 9.17) is 14.2 Å². The molecule has 1 aromatic heterocycles. The Morgan fingerprint density at radius 3 is 2.60 bits per heavy atom. The molecule has 25 heavy (non-hydrogen) atoms. The van der Waals surface area contributed by atoms with Crippen molar-refractivity contribution >= 4 is 29.2 Å². The maximum atomic E-state index is 11.9. The Balaban J connectivity index is 1.93. The second-order valence-electron chi connectivity index (χ2n) is 5.12. The van der Waals surface area contributed by atoms with Crippen LogP contribution in [0, 0.1) is 6.92 Å². The van der Waals surface area contributed by atoms with Gasteiger partial charge < -0.3 is 14.2 Å². The Labute approximate surface area is 150 Å². The number of rotatable bonds is 8. The maximum absolute atomic E-state index is 11.9. The molecule has 0 saturated heterocycles. The first-order valence-electron chi connectivity index (χ1n) is 7.78. The topological polar surface area (TPSA) is 61.8 Å². The number of methoxy groups -OCH3 is 1. The van der Waals surface area contributed by atoms with Crippen molar-refractivity contribution in [2.75, 3.05) is 20.3 Å². The zero-order chi connectivity index (χ0) is 18.2. The van der Waals surface area contributed by atoms with Gasteiger partial charge >= 0.3 is 5.97 Å². The van der Waals surface area contributed by atoms with Crippen LogP contribution in [0.4, 0.5) is 0 Å². The Morgan fingerprint density at radius 2 is 1.96 bits per heavy atom. The number of esters is 1. The van der Waals surface area contributed by atoms with E-state index < -0.39 is 5.97 Å². The van der Waals surface area contributed by atoms with E-state index in [0.29, 0.717) is 23.0 Å². The van der Waals surface area contributed by atoms with E-state index in [1.807, 2.05) is 19.9 Å². The molecular weight excluding hydrogens is 340 g/mol. The standard InChI is InChI=1S/C19H20O5S/c1-4-23-17-11-14(6-8-16(17)22-3)7-10-19(21)24-12-15(20)18-9-5-13(2)25-18/h5-11H,4,12H2,1-3H3/b10-7+. The van der Waals surface area contributed by atoms with Crippen LogP contribution in [0.2, 0.25) is 0 Å². The van der Waals surface area contributed by atoms with Crippen molar-refractivity contribution in [1.29, 1.82) is 0 Å². The largest absolute Gasteiger partial charge is 0.493 e. The van der Waals surface area contributed by atoms with Gasteiger partial charge in [0.1, 0.15) is 0 Å². The van der Waals surface area contributed by atoms with Crippen molar-refractivity contribution in [3.63, 3.8) is 0 Å². The minimum Gasteiger partial charge on any atom is -0.493 e. The molecular formula is C19H20O5S. The Kier molecular flexibility index (Phi) is 6.77. The molecule has 0 bridgehead atoms. The molecule has 0 saturated carbocycles. The summed E-state index contributed by atoms with van der Waals surface area (Å²) in [6.07, 6.45) is 2.88. The van der Waals surface area contributed by atoms with Crippen molar-refractivity contribution in [3.05, 3.63) is 51.7 Å². The quantitative estimate of drug-likeness (QED) is 0.406. The molecule has 0 unspecified atom stereocenters. The molecule has 2 aromatic rings. The summed E-state index contributed by atoms with van der Waals surface area (Å²) < 4.78 is 15.7. The third-order valence-corrected chi connectivity index (χ3v) is 4.30. The lowest BCUT2D eigenvalue weighted by Crippen LogP contribution is -2.11. The fraction of sp³-hybridized carbons (Fsp3) is 0.263. The number of ketones is 1. The third kappa shape index (κ3) is 5.46. The number of thiophene rings is 1. The number of Topliss-reactive ketones (excluding diaryl/α,β-unsaturated/α-hetero) is 1. The van der Waals surface area contributed by atoms with Crippen LogP contribution in [0.1, 0.15) is 27.0 Å². The number of carbonyl (C=O) groups excluding carboxylic acids is 2. The molecule has 0 amide bonds. The van der Waals surface area contributed by atoms with Crippen LogP contribution in [0.3, 0.4) is 0 Å². The molecule has 0 atom stereocenters. The van der Waals surface area contributed by atoms with Gasteiger partial charge in [-0.3, -0.25) is 4.79 Å². The molecule has 1 aromatic carbocycles. The van der Waals surface area contributed by atoms with Crippen LogP contribution < -0.4 is 9.47 Å². The van der Waals surface area contributed by atoms with Crippen molar-refractivity contribution in [2.45, 2.75) is 13.8 Å². The maximum Gasteiger partial charge on any atom is 0.331 e. The first-order valence-corrected chi connectivity index (χ1v) is 8.60. The highest BCUT2D eigenvalue weighted by atomic mass is 32.1. The van der Waals surface area contributed by atoms with Crippen molar-refractivity contribution in [3.8, 4) is 11.5 Å². The van der Waals surface area contributed by atoms with Gasteiger partial charge in [0, 0.05) is 11.0 Å². The molecule has 132 valence electrons. The molecule has 0 radical (unpaired) electrons. The van der Waals surface area contributed by atoms with E-state index in [1.54, 1.807) is 37.5 Å². The van der Waals surface area contributed by atoms with Crippen LogP contribution >= 0.6 is 11.3 Å². The highest BCUT2D eigenvalue weighted by Crippen LogP contribution is 2.28. The lowest BCUT2D eigenvalue weighted by Gasteiger charge is -2.09. The smallest absolute Gasteiger partial charge is 0.331 e. The summed E-state index contributed by atoms with van der Waals surface area (Å²) in [6.45, 7) is 4.04. The fourth-order valence-corrected chi connectivity index (χ4v) is 2.86. The molecule has 5 nitrogen and oxygen atoms in total. The van der Waals surface area contributed by atoms with Gasteiger partial charge in [-0.25, -0.2) is 4.79 Å². The van der Waals surface area contributed by atoms with E-state index in [2.05, 4.69) is 0 Å². The van der Waals surface area contributed by atoms with Crippen molar-refractivity contribution in [2.24, 2.45) is 0 Å². The number of hydrogen-bond acceptors (Lipinski definition) is 6. The van der Waals surface area contributed by atoms with E-state index in [-0.39, 0.29) is 12.4 Å². The number of benzene rings is 1. The SMILES string of the molecule is CCOc1cc(/C=C/C(=O)OCC(=O)c2ccc(C)s2)ccc1OC. The van der Waals surface area contributed by atoms with Crippen LogP contribution in [-0.4, -0.2) is 32.1 Å². The second-order valence-corrected chi connectivity index (χ2v) is 6.41. The van der Waals surface area contributed by atoms with Gasteiger partial charge in [-0.2, -0.15) is 0 Å². The fourth-order valence-electron chi connectivity index (χ4n) is 2.07. The highest BCUT2D eigenvalue weighted by Gasteiger charge is 2.10. The molecule has 0 aliphatic rings. The van der Waals surface area contributed by atoms with E-state index in [9.17, 15) is 9.59 Å². The van der Waals surface area contributed by atoms with E-state index in [1.165, 1.54) is 17.4 Å². The van der Waals surface area contributed by atoms with Gasteiger partial charge in [0.2, 0.25) is 5.78 Å². The van der Waals surface area contributed by atoms with Gasteiger partial charge in [0.05, 0.1) is 18.6 Å². The number of aryl methyl sites for hydroxylation is 1. The molecule has 6 heteroatoms. The van der Waals surface area contributed by atoms with Gasteiger partial charge in [0.25, 0.3) is 0 Å². The van der Waals surface area contributed by atoms with E-state index >= 15 is 0 Å². The van der Waals surface area contributed by atoms with Crippen molar-refractivity contribution in [1.82, 2.24) is 0 Å². The zero-order valence-corrected chi connectivity index (χ0v) is 15.2. The average Bonchev–Trinajstić information content (AvgIpc) is 3.05. The second kappa shape index (κ2) is 9.03. The lowest BCUT2D eigenvalue weighted by molar-refractivity contribution is -0.136. The van der Waals surface area contributed by atoms with Crippen molar-refractivity contribution < 1.29 is 23.8 Å². The summed E-state index contributed by atoms with van der Waals surface area (Å²) in [4.78, 5) is 25.3. The molecule has 2 rings (SSSR count). The molecule has 1 heterocycles. The molecule has 0 aliphatic carbocycles. The summed E-state index contributed by atoms with van der Waals surface area (Å²) in [5.74, 6) is 0.445. The Morgan fingerprint density at radius 1 is 1.16 bits per heavy atom. The molecule has 0 spiro atoms. The minimum atomic E-state index is -0.574. The summed E-state index contributed by atoms with van der Waals surface area (Å²) >= 11 is 1.38. The predicted octanol–water partition coefficient (Wildman–Crippen LogP) is 3.90. The Hall–Kier alpha value is -2.60. The first kappa shape index (κ1) is 18.7. The first-order chi connectivity index (χ1) is 12.0. The summed E-state index contributed by atoms with van der Waals surface area (Å²) in [7, 11) is 1.57.